The molecular formula is C11H19F3N2O. The van der Waals surface area contributed by atoms with Crippen LogP contribution in [-0.2, 0) is 4.79 Å². The molecule has 2 unspecified atom stereocenters. The Hall–Kier alpha value is -0.780. The van der Waals surface area contributed by atoms with E-state index in [1.54, 1.807) is 6.92 Å². The van der Waals surface area contributed by atoms with E-state index >= 15 is 0 Å². The van der Waals surface area contributed by atoms with Gasteiger partial charge in [0.05, 0.1) is 6.42 Å². The van der Waals surface area contributed by atoms with Crippen molar-refractivity contribution in [1.29, 1.82) is 0 Å². The average Bonchev–Trinajstić information content (AvgIpc) is 2.25. The standard InChI is InChI=1S/C11H19F3N2O/c1-8(15)9-4-2-3-7-16(9)10(17)5-6-11(12,13)14/h8-9H,2-7,15H2,1H3. The SMILES string of the molecule is CC(N)C1CCCCN1C(=O)CCC(F)(F)F. The van der Waals surface area contributed by atoms with Crippen LogP contribution in [0.3, 0.4) is 0 Å². The molecule has 0 radical (unpaired) electrons. The molecule has 1 heterocycles. The maximum Gasteiger partial charge on any atom is 0.389 e. The summed E-state index contributed by atoms with van der Waals surface area (Å²) in [6.45, 7) is 2.32. The van der Waals surface area contributed by atoms with Gasteiger partial charge in [0.1, 0.15) is 0 Å². The summed E-state index contributed by atoms with van der Waals surface area (Å²) in [6, 6.07) is -0.297. The summed E-state index contributed by atoms with van der Waals surface area (Å²) >= 11 is 0. The number of halogens is 3. The molecule has 0 aromatic heterocycles. The number of amides is 1. The van der Waals surface area contributed by atoms with Crippen molar-refractivity contribution in [2.45, 2.75) is 57.3 Å². The van der Waals surface area contributed by atoms with Gasteiger partial charge in [-0.05, 0) is 26.2 Å². The second-order valence-corrected chi connectivity index (χ2v) is 4.62. The number of piperidine rings is 1. The van der Waals surface area contributed by atoms with Crippen molar-refractivity contribution in [3.63, 3.8) is 0 Å². The third-order valence-corrected chi connectivity index (χ3v) is 3.10. The van der Waals surface area contributed by atoms with Gasteiger partial charge >= 0.3 is 6.18 Å². The van der Waals surface area contributed by atoms with Crippen LogP contribution in [0.1, 0.15) is 39.0 Å². The molecule has 100 valence electrons. The van der Waals surface area contributed by atoms with Crippen LogP contribution in [0.5, 0.6) is 0 Å². The first kappa shape index (κ1) is 14.3. The second kappa shape index (κ2) is 5.71. The summed E-state index contributed by atoms with van der Waals surface area (Å²) in [7, 11) is 0. The molecule has 0 aromatic rings. The van der Waals surface area contributed by atoms with Crippen LogP contribution in [-0.4, -0.2) is 35.6 Å². The molecule has 1 aliphatic rings. The summed E-state index contributed by atoms with van der Waals surface area (Å²) in [6.07, 6.45) is -3.17. The van der Waals surface area contributed by atoms with E-state index in [1.165, 1.54) is 4.90 Å². The number of hydrogen-bond acceptors (Lipinski definition) is 2. The normalized spacial score (nSPS) is 23.6. The van der Waals surface area contributed by atoms with Crippen molar-refractivity contribution in [3.05, 3.63) is 0 Å². The van der Waals surface area contributed by atoms with Crippen molar-refractivity contribution in [2.24, 2.45) is 5.73 Å². The molecule has 2 atom stereocenters. The van der Waals surface area contributed by atoms with Crippen molar-refractivity contribution < 1.29 is 18.0 Å². The minimum absolute atomic E-state index is 0.107. The highest BCUT2D eigenvalue weighted by atomic mass is 19.4. The Kier molecular flexibility index (Phi) is 4.80. The Balaban J connectivity index is 2.53. The van der Waals surface area contributed by atoms with Gasteiger partial charge in [0.15, 0.2) is 0 Å². The molecule has 0 bridgehead atoms. The number of likely N-dealkylation sites (tertiary alicyclic amines) is 1. The van der Waals surface area contributed by atoms with Gasteiger partial charge in [-0.15, -0.1) is 0 Å². The van der Waals surface area contributed by atoms with E-state index in [0.29, 0.717) is 6.54 Å². The predicted octanol–water partition coefficient (Wildman–Crippen LogP) is 2.06. The zero-order valence-electron chi connectivity index (χ0n) is 9.96. The topological polar surface area (TPSA) is 46.3 Å². The number of nitrogens with two attached hydrogens (primary N) is 1. The van der Waals surface area contributed by atoms with Crippen LogP contribution in [0.25, 0.3) is 0 Å². The zero-order chi connectivity index (χ0) is 13.1. The minimum atomic E-state index is -4.27. The highest BCUT2D eigenvalue weighted by Gasteiger charge is 2.33. The Morgan fingerprint density at radius 2 is 2.12 bits per heavy atom. The van der Waals surface area contributed by atoms with E-state index in [4.69, 9.17) is 5.73 Å². The lowest BCUT2D eigenvalue weighted by Gasteiger charge is -2.38. The van der Waals surface area contributed by atoms with Gasteiger partial charge < -0.3 is 10.6 Å². The van der Waals surface area contributed by atoms with Crippen LogP contribution < -0.4 is 5.73 Å². The molecular weight excluding hydrogens is 233 g/mol. The molecule has 1 saturated heterocycles. The first-order chi connectivity index (χ1) is 7.81. The van der Waals surface area contributed by atoms with Crippen molar-refractivity contribution in [2.75, 3.05) is 6.54 Å². The maximum atomic E-state index is 12.0. The molecule has 1 fully saturated rings. The fourth-order valence-corrected chi connectivity index (χ4v) is 2.21. The molecule has 3 nitrogen and oxygen atoms in total. The molecule has 6 heteroatoms. The predicted molar refractivity (Wildman–Crippen MR) is 58.3 cm³/mol. The van der Waals surface area contributed by atoms with Crippen LogP contribution >= 0.6 is 0 Å². The van der Waals surface area contributed by atoms with E-state index in [-0.39, 0.29) is 12.1 Å². The molecule has 1 amide bonds. The Morgan fingerprint density at radius 1 is 1.47 bits per heavy atom. The molecule has 1 rings (SSSR count). The van der Waals surface area contributed by atoms with Crippen LogP contribution in [0.2, 0.25) is 0 Å². The van der Waals surface area contributed by atoms with Crippen LogP contribution in [0.15, 0.2) is 0 Å². The molecule has 1 aliphatic heterocycles. The van der Waals surface area contributed by atoms with Gasteiger partial charge in [-0.3, -0.25) is 4.79 Å². The van der Waals surface area contributed by atoms with Gasteiger partial charge in [0.2, 0.25) is 5.91 Å². The number of alkyl halides is 3. The molecule has 0 aromatic carbocycles. The summed E-state index contributed by atoms with van der Waals surface area (Å²) < 4.78 is 36.1. The summed E-state index contributed by atoms with van der Waals surface area (Å²) in [5.41, 5.74) is 5.76. The van der Waals surface area contributed by atoms with Crippen LogP contribution in [0.4, 0.5) is 13.2 Å². The van der Waals surface area contributed by atoms with Gasteiger partial charge in [-0.25, -0.2) is 0 Å². The summed E-state index contributed by atoms with van der Waals surface area (Å²) in [5, 5.41) is 0. The van der Waals surface area contributed by atoms with Crippen molar-refractivity contribution in [1.82, 2.24) is 4.90 Å². The molecule has 0 aliphatic carbocycles. The maximum absolute atomic E-state index is 12.0. The third kappa shape index (κ3) is 4.53. The minimum Gasteiger partial charge on any atom is -0.338 e. The third-order valence-electron chi connectivity index (χ3n) is 3.10. The summed E-state index contributed by atoms with van der Waals surface area (Å²) in [5.74, 6) is -0.427. The Labute approximate surface area is 99.1 Å². The number of hydrogen-bond donors (Lipinski definition) is 1. The molecule has 2 N–H and O–H groups in total. The number of carbonyl (C=O) groups is 1. The number of nitrogens with zero attached hydrogens (tertiary/aromatic N) is 1. The van der Waals surface area contributed by atoms with Crippen molar-refractivity contribution in [3.8, 4) is 0 Å². The van der Waals surface area contributed by atoms with E-state index < -0.39 is 24.9 Å². The van der Waals surface area contributed by atoms with E-state index in [9.17, 15) is 18.0 Å². The highest BCUT2D eigenvalue weighted by Crippen LogP contribution is 2.24. The zero-order valence-corrected chi connectivity index (χ0v) is 9.96. The smallest absolute Gasteiger partial charge is 0.338 e. The first-order valence-electron chi connectivity index (χ1n) is 5.93. The first-order valence-corrected chi connectivity index (χ1v) is 5.93. The molecule has 0 spiro atoms. The Bertz CT molecular complexity index is 266. The fourth-order valence-electron chi connectivity index (χ4n) is 2.21. The van der Waals surface area contributed by atoms with Crippen LogP contribution in [0, 0.1) is 0 Å². The molecule has 0 saturated carbocycles. The highest BCUT2D eigenvalue weighted by molar-refractivity contribution is 5.76. The lowest BCUT2D eigenvalue weighted by Crippen LogP contribution is -2.51. The van der Waals surface area contributed by atoms with E-state index in [0.717, 1.165) is 19.3 Å². The number of carbonyl (C=O) groups excluding carboxylic acids is 1. The number of rotatable bonds is 3. The average molecular weight is 252 g/mol. The monoisotopic (exact) mass is 252 g/mol. The van der Waals surface area contributed by atoms with Gasteiger partial charge in [0, 0.05) is 25.0 Å². The second-order valence-electron chi connectivity index (χ2n) is 4.62. The summed E-state index contributed by atoms with van der Waals surface area (Å²) in [4.78, 5) is 13.3. The Morgan fingerprint density at radius 3 is 2.65 bits per heavy atom. The largest absolute Gasteiger partial charge is 0.389 e. The lowest BCUT2D eigenvalue weighted by atomic mass is 9.96. The fraction of sp³-hybridized carbons (Fsp3) is 0.909. The van der Waals surface area contributed by atoms with Crippen molar-refractivity contribution >= 4 is 5.91 Å². The van der Waals surface area contributed by atoms with E-state index in [1.807, 2.05) is 0 Å². The van der Waals surface area contributed by atoms with Gasteiger partial charge in [0.25, 0.3) is 0 Å². The molecule has 17 heavy (non-hydrogen) atoms. The van der Waals surface area contributed by atoms with E-state index in [2.05, 4.69) is 0 Å². The van der Waals surface area contributed by atoms with Gasteiger partial charge in [-0.1, -0.05) is 0 Å². The lowest BCUT2D eigenvalue weighted by molar-refractivity contribution is -0.151. The van der Waals surface area contributed by atoms with Gasteiger partial charge in [-0.2, -0.15) is 13.2 Å². The quantitative estimate of drug-likeness (QED) is 0.835.